The molecule has 0 saturated heterocycles. The standard InChI is InChI=1S/C15H17ClN4O/c1-10-19-13(8-17)15(21-10)18-9-14(20(2)3)11-6-4-5-7-12(11)16/h4-7,14,18H,9H2,1-3H3. The van der Waals surface area contributed by atoms with Crippen molar-refractivity contribution in [2.45, 2.75) is 13.0 Å². The van der Waals surface area contributed by atoms with Crippen LogP contribution in [0, 0.1) is 18.3 Å². The maximum absolute atomic E-state index is 9.02. The van der Waals surface area contributed by atoms with Crippen LogP contribution < -0.4 is 5.32 Å². The van der Waals surface area contributed by atoms with Gasteiger partial charge in [0.2, 0.25) is 11.6 Å². The Labute approximate surface area is 129 Å². The zero-order valence-electron chi connectivity index (χ0n) is 12.2. The summed E-state index contributed by atoms with van der Waals surface area (Å²) in [5.41, 5.74) is 1.29. The Bertz CT molecular complexity index is 660. The topological polar surface area (TPSA) is 65.1 Å². The number of rotatable bonds is 5. The smallest absolute Gasteiger partial charge is 0.232 e. The van der Waals surface area contributed by atoms with Gasteiger partial charge in [-0.05, 0) is 25.7 Å². The summed E-state index contributed by atoms with van der Waals surface area (Å²) in [7, 11) is 3.96. The van der Waals surface area contributed by atoms with Crippen molar-refractivity contribution >= 4 is 17.5 Å². The number of nitriles is 1. The number of hydrogen-bond acceptors (Lipinski definition) is 5. The maximum atomic E-state index is 9.02. The number of oxazole rings is 1. The Kier molecular flexibility index (Phi) is 4.84. The number of anilines is 1. The molecular formula is C15H17ClN4O. The van der Waals surface area contributed by atoms with E-state index in [9.17, 15) is 0 Å². The summed E-state index contributed by atoms with van der Waals surface area (Å²) in [4.78, 5) is 6.07. The quantitative estimate of drug-likeness (QED) is 0.918. The molecule has 0 radical (unpaired) electrons. The van der Waals surface area contributed by atoms with Crippen molar-refractivity contribution in [1.82, 2.24) is 9.88 Å². The summed E-state index contributed by atoms with van der Waals surface area (Å²) in [6, 6.07) is 9.78. The SMILES string of the molecule is Cc1nc(C#N)c(NCC(c2ccccc2Cl)N(C)C)o1. The molecule has 0 aliphatic heterocycles. The van der Waals surface area contributed by atoms with E-state index in [-0.39, 0.29) is 11.7 Å². The molecule has 0 bridgehead atoms. The van der Waals surface area contributed by atoms with Crippen molar-refractivity contribution in [3.63, 3.8) is 0 Å². The molecule has 0 fully saturated rings. The van der Waals surface area contributed by atoms with Gasteiger partial charge in [-0.25, -0.2) is 4.98 Å². The third kappa shape index (κ3) is 3.54. The first kappa shape index (κ1) is 15.4. The van der Waals surface area contributed by atoms with Crippen molar-refractivity contribution in [2.75, 3.05) is 26.0 Å². The molecule has 1 atom stereocenters. The molecule has 0 spiro atoms. The van der Waals surface area contributed by atoms with Crippen LogP contribution in [0.3, 0.4) is 0 Å². The molecule has 0 amide bonds. The molecule has 0 saturated carbocycles. The highest BCUT2D eigenvalue weighted by atomic mass is 35.5. The first-order valence-electron chi connectivity index (χ1n) is 6.55. The van der Waals surface area contributed by atoms with Gasteiger partial charge in [0.25, 0.3) is 0 Å². The lowest BCUT2D eigenvalue weighted by molar-refractivity contribution is 0.310. The van der Waals surface area contributed by atoms with Crippen LogP contribution in [0.5, 0.6) is 0 Å². The van der Waals surface area contributed by atoms with Crippen LogP contribution in [0.25, 0.3) is 0 Å². The highest BCUT2D eigenvalue weighted by Crippen LogP contribution is 2.27. The number of likely N-dealkylation sites (N-methyl/N-ethyl adjacent to an activating group) is 1. The van der Waals surface area contributed by atoms with E-state index in [1.807, 2.05) is 44.4 Å². The van der Waals surface area contributed by atoms with E-state index in [1.54, 1.807) is 6.92 Å². The number of halogens is 1. The summed E-state index contributed by atoms with van der Waals surface area (Å²) < 4.78 is 5.41. The highest BCUT2D eigenvalue weighted by Gasteiger charge is 2.18. The van der Waals surface area contributed by atoms with Crippen molar-refractivity contribution in [3.8, 4) is 6.07 Å². The minimum atomic E-state index is 0.0515. The molecule has 0 aliphatic carbocycles. The number of aryl methyl sites for hydroxylation is 1. The molecule has 110 valence electrons. The second-order valence-corrected chi connectivity index (χ2v) is 5.31. The molecule has 1 N–H and O–H groups in total. The molecule has 1 heterocycles. The number of nitrogens with zero attached hydrogens (tertiary/aromatic N) is 3. The minimum Gasteiger partial charge on any atom is -0.424 e. The Hall–Kier alpha value is -2.03. The van der Waals surface area contributed by atoms with Gasteiger partial charge in [0, 0.05) is 18.5 Å². The predicted molar refractivity (Wildman–Crippen MR) is 82.3 cm³/mol. The fourth-order valence-electron chi connectivity index (χ4n) is 2.13. The van der Waals surface area contributed by atoms with E-state index >= 15 is 0 Å². The molecule has 2 rings (SSSR count). The van der Waals surface area contributed by atoms with Crippen molar-refractivity contribution < 1.29 is 4.42 Å². The van der Waals surface area contributed by atoms with Crippen molar-refractivity contribution in [1.29, 1.82) is 5.26 Å². The van der Waals surface area contributed by atoms with Crippen LogP contribution in [0.4, 0.5) is 5.88 Å². The molecule has 1 aromatic carbocycles. The Morgan fingerprint density at radius 2 is 2.14 bits per heavy atom. The summed E-state index contributed by atoms with van der Waals surface area (Å²) in [5.74, 6) is 0.863. The van der Waals surface area contributed by atoms with Crippen LogP contribution in [0.15, 0.2) is 28.7 Å². The fourth-order valence-corrected chi connectivity index (χ4v) is 2.39. The van der Waals surface area contributed by atoms with E-state index in [0.717, 1.165) is 5.56 Å². The minimum absolute atomic E-state index is 0.0515. The summed E-state index contributed by atoms with van der Waals surface area (Å²) in [6.45, 7) is 2.27. The van der Waals surface area contributed by atoms with Crippen LogP contribution in [-0.4, -0.2) is 30.5 Å². The van der Waals surface area contributed by atoms with Gasteiger partial charge >= 0.3 is 0 Å². The molecule has 21 heavy (non-hydrogen) atoms. The summed E-state index contributed by atoms with van der Waals surface area (Å²) in [6.07, 6.45) is 0. The first-order valence-corrected chi connectivity index (χ1v) is 6.93. The second kappa shape index (κ2) is 6.61. The third-order valence-electron chi connectivity index (χ3n) is 3.18. The number of aromatic nitrogens is 1. The van der Waals surface area contributed by atoms with Gasteiger partial charge in [-0.1, -0.05) is 29.8 Å². The Morgan fingerprint density at radius 3 is 2.76 bits per heavy atom. The van der Waals surface area contributed by atoms with Crippen LogP contribution in [0.2, 0.25) is 5.02 Å². The lowest BCUT2D eigenvalue weighted by Gasteiger charge is -2.25. The lowest BCUT2D eigenvalue weighted by atomic mass is 10.1. The average Bonchev–Trinajstić information content (AvgIpc) is 2.81. The second-order valence-electron chi connectivity index (χ2n) is 4.90. The third-order valence-corrected chi connectivity index (χ3v) is 3.53. The van der Waals surface area contributed by atoms with Gasteiger partial charge in [-0.15, -0.1) is 0 Å². The van der Waals surface area contributed by atoms with E-state index in [4.69, 9.17) is 21.3 Å². The molecule has 2 aromatic rings. The van der Waals surface area contributed by atoms with E-state index in [1.165, 1.54) is 0 Å². The summed E-state index contributed by atoms with van der Waals surface area (Å²) in [5, 5.41) is 12.9. The normalized spacial score (nSPS) is 12.2. The Morgan fingerprint density at radius 1 is 1.43 bits per heavy atom. The van der Waals surface area contributed by atoms with E-state index < -0.39 is 0 Å². The van der Waals surface area contributed by atoms with Gasteiger partial charge in [0.15, 0.2) is 5.89 Å². The molecule has 1 aromatic heterocycles. The molecule has 6 heteroatoms. The van der Waals surface area contributed by atoms with Gasteiger partial charge in [0.1, 0.15) is 6.07 Å². The van der Waals surface area contributed by atoms with Crippen molar-refractivity contribution in [3.05, 3.63) is 46.4 Å². The van der Waals surface area contributed by atoms with E-state index in [0.29, 0.717) is 23.3 Å². The van der Waals surface area contributed by atoms with Crippen molar-refractivity contribution in [2.24, 2.45) is 0 Å². The molecule has 5 nitrogen and oxygen atoms in total. The largest absolute Gasteiger partial charge is 0.424 e. The zero-order valence-corrected chi connectivity index (χ0v) is 13.0. The number of hydrogen-bond donors (Lipinski definition) is 1. The fraction of sp³-hybridized carbons (Fsp3) is 0.333. The molecule has 1 unspecified atom stereocenters. The number of benzene rings is 1. The highest BCUT2D eigenvalue weighted by molar-refractivity contribution is 6.31. The van der Waals surface area contributed by atoms with Gasteiger partial charge < -0.3 is 14.6 Å². The lowest BCUT2D eigenvalue weighted by Crippen LogP contribution is -2.27. The van der Waals surface area contributed by atoms with Crippen LogP contribution in [0.1, 0.15) is 23.2 Å². The Balaban J connectivity index is 2.18. The first-order chi connectivity index (χ1) is 10.0. The average molecular weight is 305 g/mol. The monoisotopic (exact) mass is 304 g/mol. The van der Waals surface area contributed by atoms with Gasteiger partial charge in [-0.2, -0.15) is 5.26 Å². The van der Waals surface area contributed by atoms with E-state index in [2.05, 4.69) is 15.2 Å². The van der Waals surface area contributed by atoms with Gasteiger partial charge in [0.05, 0.1) is 6.04 Å². The number of nitrogens with one attached hydrogen (secondary N) is 1. The zero-order chi connectivity index (χ0) is 15.4. The predicted octanol–water partition coefficient (Wildman–Crippen LogP) is 3.22. The van der Waals surface area contributed by atoms with Crippen LogP contribution >= 0.6 is 11.6 Å². The van der Waals surface area contributed by atoms with Gasteiger partial charge in [-0.3, -0.25) is 0 Å². The molecule has 0 aliphatic rings. The molecular weight excluding hydrogens is 288 g/mol. The van der Waals surface area contributed by atoms with Crippen LogP contribution in [-0.2, 0) is 0 Å². The maximum Gasteiger partial charge on any atom is 0.232 e. The summed E-state index contributed by atoms with van der Waals surface area (Å²) >= 11 is 6.26.